The van der Waals surface area contributed by atoms with Gasteiger partial charge in [0.15, 0.2) is 0 Å². The molecule has 0 spiro atoms. The molecule has 4 aromatic rings. The maximum atomic E-state index is 12.6. The van der Waals surface area contributed by atoms with E-state index >= 15 is 0 Å². The highest BCUT2D eigenvalue weighted by Crippen LogP contribution is 2.29. The predicted molar refractivity (Wildman–Crippen MR) is 128 cm³/mol. The van der Waals surface area contributed by atoms with Gasteiger partial charge in [0, 0.05) is 28.8 Å². The number of carbonyl (C=O) groups is 1. The molecule has 0 saturated carbocycles. The van der Waals surface area contributed by atoms with Crippen LogP contribution in [0.5, 0.6) is 0 Å². The number of carbonyl (C=O) groups excluding carboxylic acids is 1. The second-order valence-electron chi connectivity index (χ2n) is 7.43. The summed E-state index contributed by atoms with van der Waals surface area (Å²) in [5.74, 6) is 0.654. The van der Waals surface area contributed by atoms with Gasteiger partial charge < -0.3 is 5.32 Å². The molecule has 0 aliphatic rings. The van der Waals surface area contributed by atoms with Crippen molar-refractivity contribution in [2.45, 2.75) is 30.5 Å². The molecule has 0 atom stereocenters. The lowest BCUT2D eigenvalue weighted by atomic mass is 10.2. The van der Waals surface area contributed by atoms with Gasteiger partial charge in [-0.15, -0.1) is 11.8 Å². The molecule has 0 radical (unpaired) electrons. The number of anilines is 1. The maximum absolute atomic E-state index is 12.6. The molecule has 2 heterocycles. The molecule has 0 bridgehead atoms. The van der Waals surface area contributed by atoms with Crippen molar-refractivity contribution in [3.8, 4) is 0 Å². The summed E-state index contributed by atoms with van der Waals surface area (Å²) >= 11 is 1.50. The average Bonchev–Trinajstić information content (AvgIpc) is 3.23. The fourth-order valence-electron chi connectivity index (χ4n) is 3.17. The van der Waals surface area contributed by atoms with Crippen LogP contribution in [-0.4, -0.2) is 25.1 Å². The Morgan fingerprint density at radius 1 is 1.12 bits per heavy atom. The topological polar surface area (TPSA) is 81.3 Å². The molecular weight excluding hydrogens is 422 g/mol. The number of para-hydroxylation sites is 1. The summed E-state index contributed by atoms with van der Waals surface area (Å²) in [5, 5.41) is 2.93. The lowest BCUT2D eigenvalue weighted by Gasteiger charge is -2.10. The van der Waals surface area contributed by atoms with Crippen LogP contribution in [0.3, 0.4) is 0 Å². The van der Waals surface area contributed by atoms with Crippen LogP contribution in [-0.2, 0) is 10.5 Å². The zero-order valence-electron chi connectivity index (χ0n) is 17.8. The van der Waals surface area contributed by atoms with E-state index in [1.54, 1.807) is 17.1 Å². The highest BCUT2D eigenvalue weighted by molar-refractivity contribution is 7.98. The van der Waals surface area contributed by atoms with Gasteiger partial charge in [-0.3, -0.25) is 14.3 Å². The Morgan fingerprint density at radius 2 is 1.88 bits per heavy atom. The van der Waals surface area contributed by atoms with Crippen molar-refractivity contribution in [1.29, 1.82) is 0 Å². The van der Waals surface area contributed by atoms with Crippen molar-refractivity contribution in [3.05, 3.63) is 94.7 Å². The average molecular weight is 446 g/mol. The molecule has 162 valence electrons. The number of fused-ring (bicyclic) bond motifs is 1. The SMILES string of the molecule is CC(C)n1cnc2nc(CSc3ccccc3NC(=O)C=Cc3ccccc3)cc(=O)n21. The second kappa shape index (κ2) is 9.65. The number of nitrogens with one attached hydrogen (secondary N) is 1. The van der Waals surface area contributed by atoms with E-state index in [0.717, 1.165) is 10.5 Å². The standard InChI is InChI=1S/C24H23N5O2S/c1-17(2)28-16-25-24-26-19(14-23(31)29(24)28)15-32-21-11-7-6-10-20(21)27-22(30)13-12-18-8-4-3-5-9-18/h3-14,16-17H,15H2,1-2H3,(H,27,30). The van der Waals surface area contributed by atoms with Crippen LogP contribution < -0.4 is 10.9 Å². The molecule has 1 N–H and O–H groups in total. The molecule has 2 aromatic carbocycles. The highest BCUT2D eigenvalue weighted by Gasteiger charge is 2.11. The Labute approximate surface area is 189 Å². The van der Waals surface area contributed by atoms with E-state index in [1.807, 2.05) is 68.4 Å². The Morgan fingerprint density at radius 3 is 2.66 bits per heavy atom. The number of thioether (sulfide) groups is 1. The molecule has 2 aromatic heterocycles. The third kappa shape index (κ3) is 4.97. The number of rotatable bonds is 7. The maximum Gasteiger partial charge on any atom is 0.274 e. The van der Waals surface area contributed by atoms with E-state index in [0.29, 0.717) is 22.9 Å². The minimum Gasteiger partial charge on any atom is -0.321 e. The lowest BCUT2D eigenvalue weighted by Crippen LogP contribution is -2.22. The first-order valence-corrected chi connectivity index (χ1v) is 11.2. The van der Waals surface area contributed by atoms with Gasteiger partial charge in [0.1, 0.15) is 6.33 Å². The van der Waals surface area contributed by atoms with Crippen molar-refractivity contribution in [3.63, 3.8) is 0 Å². The Balaban J connectivity index is 1.47. The number of benzene rings is 2. The van der Waals surface area contributed by atoms with Gasteiger partial charge in [0.05, 0.1) is 11.4 Å². The van der Waals surface area contributed by atoms with Crippen molar-refractivity contribution >= 4 is 35.2 Å². The third-order valence-electron chi connectivity index (χ3n) is 4.73. The summed E-state index contributed by atoms with van der Waals surface area (Å²) in [6, 6.07) is 18.9. The van der Waals surface area contributed by atoms with Crippen molar-refractivity contribution in [2.24, 2.45) is 0 Å². The van der Waals surface area contributed by atoms with Gasteiger partial charge >= 0.3 is 0 Å². The molecule has 0 fully saturated rings. The number of amides is 1. The zero-order valence-corrected chi connectivity index (χ0v) is 18.6. The van der Waals surface area contributed by atoms with Crippen molar-refractivity contribution in [2.75, 3.05) is 5.32 Å². The molecule has 7 nitrogen and oxygen atoms in total. The van der Waals surface area contributed by atoms with E-state index in [-0.39, 0.29) is 17.5 Å². The van der Waals surface area contributed by atoms with Gasteiger partial charge in [-0.1, -0.05) is 42.5 Å². The van der Waals surface area contributed by atoms with Gasteiger partial charge in [-0.2, -0.15) is 9.50 Å². The van der Waals surface area contributed by atoms with E-state index in [1.165, 1.54) is 28.4 Å². The Hall–Kier alpha value is -3.65. The molecule has 1 amide bonds. The van der Waals surface area contributed by atoms with Crippen LogP contribution in [0, 0.1) is 0 Å². The smallest absolute Gasteiger partial charge is 0.274 e. The summed E-state index contributed by atoms with van der Waals surface area (Å²) in [6.45, 7) is 3.97. The molecule has 0 unspecified atom stereocenters. The van der Waals surface area contributed by atoms with Gasteiger partial charge in [-0.25, -0.2) is 4.98 Å². The first-order valence-electron chi connectivity index (χ1n) is 10.2. The molecule has 8 heteroatoms. The quantitative estimate of drug-likeness (QED) is 0.336. The minimum atomic E-state index is -0.209. The lowest BCUT2D eigenvalue weighted by molar-refractivity contribution is -0.111. The van der Waals surface area contributed by atoms with Crippen LogP contribution in [0.2, 0.25) is 0 Å². The monoisotopic (exact) mass is 445 g/mol. The van der Waals surface area contributed by atoms with E-state index in [2.05, 4.69) is 15.3 Å². The normalized spacial score (nSPS) is 11.5. The summed E-state index contributed by atoms with van der Waals surface area (Å²) in [7, 11) is 0. The first kappa shape index (κ1) is 21.6. The number of hydrogen-bond donors (Lipinski definition) is 1. The molecule has 0 aliphatic carbocycles. The predicted octanol–water partition coefficient (Wildman–Crippen LogP) is 4.42. The summed E-state index contributed by atoms with van der Waals surface area (Å²) in [6.07, 6.45) is 4.91. The highest BCUT2D eigenvalue weighted by atomic mass is 32.2. The largest absolute Gasteiger partial charge is 0.321 e. The van der Waals surface area contributed by atoms with Crippen molar-refractivity contribution < 1.29 is 4.79 Å². The summed E-state index contributed by atoms with van der Waals surface area (Å²) in [5.41, 5.74) is 2.14. The summed E-state index contributed by atoms with van der Waals surface area (Å²) in [4.78, 5) is 34.6. The fourth-order valence-corrected chi connectivity index (χ4v) is 4.07. The Kier molecular flexibility index (Phi) is 6.51. The zero-order chi connectivity index (χ0) is 22.5. The fraction of sp³-hybridized carbons (Fsp3) is 0.167. The van der Waals surface area contributed by atoms with Crippen LogP contribution in [0.4, 0.5) is 5.69 Å². The molecule has 0 aliphatic heterocycles. The number of nitrogens with zero attached hydrogens (tertiary/aromatic N) is 4. The van der Waals surface area contributed by atoms with Crippen LogP contribution in [0.15, 0.2) is 82.8 Å². The van der Waals surface area contributed by atoms with Crippen molar-refractivity contribution in [1.82, 2.24) is 19.2 Å². The minimum absolute atomic E-state index is 0.103. The molecule has 32 heavy (non-hydrogen) atoms. The van der Waals surface area contributed by atoms with E-state index < -0.39 is 0 Å². The van der Waals surface area contributed by atoms with E-state index in [4.69, 9.17) is 0 Å². The molecule has 0 saturated heterocycles. The van der Waals surface area contributed by atoms with E-state index in [9.17, 15) is 9.59 Å². The molecular formula is C24H23N5O2S. The second-order valence-corrected chi connectivity index (χ2v) is 8.45. The Bertz CT molecular complexity index is 1330. The van der Waals surface area contributed by atoms with Crippen LogP contribution in [0.1, 0.15) is 31.1 Å². The van der Waals surface area contributed by atoms with Gasteiger partial charge in [0.2, 0.25) is 5.91 Å². The number of hydrogen-bond acceptors (Lipinski definition) is 5. The molecule has 4 rings (SSSR count). The van der Waals surface area contributed by atoms with Gasteiger partial charge in [-0.05, 0) is 37.6 Å². The summed E-state index contributed by atoms with van der Waals surface area (Å²) < 4.78 is 3.24. The first-order chi connectivity index (χ1) is 15.5. The third-order valence-corrected chi connectivity index (χ3v) is 5.84. The van der Waals surface area contributed by atoms with Crippen LogP contribution >= 0.6 is 11.8 Å². The van der Waals surface area contributed by atoms with Gasteiger partial charge in [0.25, 0.3) is 11.3 Å². The van der Waals surface area contributed by atoms with Crippen LogP contribution in [0.25, 0.3) is 11.9 Å². The number of aromatic nitrogens is 4.